The number of hydrogen-bond donors (Lipinski definition) is 1. The molecule has 0 saturated heterocycles. The van der Waals surface area contributed by atoms with Crippen LogP contribution in [0.25, 0.3) is 0 Å². The van der Waals surface area contributed by atoms with Crippen LogP contribution in [-0.4, -0.2) is 44.3 Å². The predicted molar refractivity (Wildman–Crippen MR) is 93.5 cm³/mol. The number of hydrogen-bond acceptors (Lipinski definition) is 4. The standard InChI is InChI=1S/C15H23N3O3S.ClH/c1-4-17(5-2)22(20,21)13-6-7-14-12(10-13)8-9-18(14)15(19)11(3)16;/h6-7,10-11H,4-5,8-9,16H2,1-3H3;1H/t11-;/m0./s1. The minimum atomic E-state index is -3.47. The zero-order valence-electron chi connectivity index (χ0n) is 13.7. The van der Waals surface area contributed by atoms with E-state index in [0.717, 1.165) is 11.3 Å². The zero-order valence-corrected chi connectivity index (χ0v) is 15.3. The lowest BCUT2D eigenvalue weighted by Crippen LogP contribution is -2.41. The van der Waals surface area contributed by atoms with E-state index in [1.165, 1.54) is 4.31 Å². The molecule has 1 aliphatic heterocycles. The molecule has 2 rings (SSSR count). The SMILES string of the molecule is CCN(CC)S(=O)(=O)c1ccc2c(c1)CCN2C(=O)[C@H](C)N.Cl. The minimum Gasteiger partial charge on any atom is -0.320 e. The van der Waals surface area contributed by atoms with Crippen molar-refractivity contribution in [3.63, 3.8) is 0 Å². The maximum atomic E-state index is 12.5. The largest absolute Gasteiger partial charge is 0.320 e. The number of anilines is 1. The van der Waals surface area contributed by atoms with Crippen LogP contribution in [-0.2, 0) is 21.2 Å². The monoisotopic (exact) mass is 361 g/mol. The number of fused-ring (bicyclic) bond motifs is 1. The summed E-state index contributed by atoms with van der Waals surface area (Å²) in [6, 6.07) is 4.39. The zero-order chi connectivity index (χ0) is 16.5. The van der Waals surface area contributed by atoms with Crippen LogP contribution < -0.4 is 10.6 Å². The van der Waals surface area contributed by atoms with E-state index in [-0.39, 0.29) is 23.2 Å². The molecule has 2 N–H and O–H groups in total. The summed E-state index contributed by atoms with van der Waals surface area (Å²) < 4.78 is 26.5. The van der Waals surface area contributed by atoms with Gasteiger partial charge in [-0.15, -0.1) is 12.4 Å². The predicted octanol–water partition coefficient (Wildman–Crippen LogP) is 1.38. The number of sulfonamides is 1. The molecular formula is C15H24ClN3O3S. The van der Waals surface area contributed by atoms with Crippen LogP contribution in [0.15, 0.2) is 23.1 Å². The third-order valence-corrected chi connectivity index (χ3v) is 5.99. The summed E-state index contributed by atoms with van der Waals surface area (Å²) in [4.78, 5) is 14.0. The van der Waals surface area contributed by atoms with Gasteiger partial charge in [0, 0.05) is 25.3 Å². The summed E-state index contributed by atoms with van der Waals surface area (Å²) >= 11 is 0. The summed E-state index contributed by atoms with van der Waals surface area (Å²) in [5, 5.41) is 0. The summed E-state index contributed by atoms with van der Waals surface area (Å²) in [5.41, 5.74) is 7.30. The number of nitrogens with zero attached hydrogens (tertiary/aromatic N) is 2. The van der Waals surface area contributed by atoms with E-state index in [2.05, 4.69) is 0 Å². The molecule has 0 fully saturated rings. The smallest absolute Gasteiger partial charge is 0.243 e. The maximum absolute atomic E-state index is 12.5. The lowest BCUT2D eigenvalue weighted by molar-refractivity contribution is -0.119. The molecule has 1 atom stereocenters. The van der Waals surface area contributed by atoms with E-state index in [0.29, 0.717) is 26.1 Å². The first kappa shape index (κ1) is 19.9. The Bertz CT molecular complexity index is 673. The summed E-state index contributed by atoms with van der Waals surface area (Å²) in [7, 11) is -3.47. The Morgan fingerprint density at radius 3 is 2.48 bits per heavy atom. The van der Waals surface area contributed by atoms with E-state index in [1.54, 1.807) is 30.0 Å². The molecular weight excluding hydrogens is 338 g/mol. The number of rotatable bonds is 5. The summed E-state index contributed by atoms with van der Waals surface area (Å²) in [6.45, 7) is 6.70. The molecule has 1 aliphatic rings. The van der Waals surface area contributed by atoms with Crippen LogP contribution in [0.4, 0.5) is 5.69 Å². The van der Waals surface area contributed by atoms with Crippen molar-refractivity contribution in [2.75, 3.05) is 24.5 Å². The second-order valence-electron chi connectivity index (χ2n) is 5.41. The van der Waals surface area contributed by atoms with Crippen LogP contribution in [0.5, 0.6) is 0 Å². The van der Waals surface area contributed by atoms with Gasteiger partial charge in [-0.2, -0.15) is 4.31 Å². The van der Waals surface area contributed by atoms with Gasteiger partial charge in [0.1, 0.15) is 0 Å². The molecule has 8 heteroatoms. The molecule has 1 aromatic rings. The topological polar surface area (TPSA) is 83.7 Å². The van der Waals surface area contributed by atoms with Crippen LogP contribution in [0.3, 0.4) is 0 Å². The van der Waals surface area contributed by atoms with Crippen molar-refractivity contribution in [1.29, 1.82) is 0 Å². The van der Waals surface area contributed by atoms with Crippen molar-refractivity contribution in [2.45, 2.75) is 38.1 Å². The number of amides is 1. The van der Waals surface area contributed by atoms with Crippen molar-refractivity contribution in [3.05, 3.63) is 23.8 Å². The van der Waals surface area contributed by atoms with Gasteiger partial charge in [-0.25, -0.2) is 8.42 Å². The van der Waals surface area contributed by atoms with E-state index >= 15 is 0 Å². The summed E-state index contributed by atoms with van der Waals surface area (Å²) in [5.74, 6) is -0.141. The number of carbonyl (C=O) groups excluding carboxylic acids is 1. The van der Waals surface area contributed by atoms with Crippen molar-refractivity contribution < 1.29 is 13.2 Å². The Labute approximate surface area is 144 Å². The van der Waals surface area contributed by atoms with Crippen molar-refractivity contribution >= 4 is 34.0 Å². The van der Waals surface area contributed by atoms with Crippen molar-refractivity contribution in [2.24, 2.45) is 5.73 Å². The third-order valence-electron chi connectivity index (χ3n) is 3.95. The Morgan fingerprint density at radius 2 is 1.96 bits per heavy atom. The normalized spacial score (nSPS) is 15.3. The van der Waals surface area contributed by atoms with Crippen LogP contribution in [0.1, 0.15) is 26.3 Å². The third kappa shape index (κ3) is 3.68. The van der Waals surface area contributed by atoms with Crippen LogP contribution >= 0.6 is 12.4 Å². The number of nitrogens with two attached hydrogens (primary N) is 1. The Morgan fingerprint density at radius 1 is 1.35 bits per heavy atom. The fourth-order valence-electron chi connectivity index (χ4n) is 2.73. The van der Waals surface area contributed by atoms with Gasteiger partial charge in [0.25, 0.3) is 0 Å². The van der Waals surface area contributed by atoms with Gasteiger partial charge in [-0.3, -0.25) is 4.79 Å². The average Bonchev–Trinajstić information content (AvgIpc) is 2.90. The summed E-state index contributed by atoms with van der Waals surface area (Å²) in [6.07, 6.45) is 0.648. The minimum absolute atomic E-state index is 0. The Kier molecular flexibility index (Phi) is 6.59. The Balaban J connectivity index is 0.00000264. The molecule has 0 aromatic heterocycles. The van der Waals surface area contributed by atoms with Gasteiger partial charge < -0.3 is 10.6 Å². The second kappa shape index (κ2) is 7.61. The highest BCUT2D eigenvalue weighted by molar-refractivity contribution is 7.89. The highest BCUT2D eigenvalue weighted by atomic mass is 35.5. The molecule has 0 saturated carbocycles. The number of carbonyl (C=O) groups is 1. The van der Waals surface area contributed by atoms with Crippen LogP contribution in [0, 0.1) is 0 Å². The number of halogens is 1. The van der Waals surface area contributed by atoms with Gasteiger partial charge in [-0.1, -0.05) is 13.8 Å². The average molecular weight is 362 g/mol. The molecule has 1 amide bonds. The highest BCUT2D eigenvalue weighted by Gasteiger charge is 2.29. The maximum Gasteiger partial charge on any atom is 0.243 e. The van der Waals surface area contributed by atoms with E-state index in [1.807, 2.05) is 13.8 Å². The van der Waals surface area contributed by atoms with Gasteiger partial charge in [0.15, 0.2) is 0 Å². The molecule has 6 nitrogen and oxygen atoms in total. The molecule has 0 unspecified atom stereocenters. The molecule has 1 aromatic carbocycles. The van der Waals surface area contributed by atoms with Gasteiger partial charge in [0.2, 0.25) is 15.9 Å². The molecule has 0 radical (unpaired) electrons. The molecule has 0 aliphatic carbocycles. The first-order chi connectivity index (χ1) is 10.3. The molecule has 1 heterocycles. The Hall–Kier alpha value is -1.15. The van der Waals surface area contributed by atoms with E-state index < -0.39 is 16.1 Å². The number of benzene rings is 1. The lowest BCUT2D eigenvalue weighted by Gasteiger charge is -2.21. The first-order valence-corrected chi connectivity index (χ1v) is 8.97. The van der Waals surface area contributed by atoms with Crippen molar-refractivity contribution in [3.8, 4) is 0 Å². The van der Waals surface area contributed by atoms with Gasteiger partial charge >= 0.3 is 0 Å². The van der Waals surface area contributed by atoms with Crippen LogP contribution in [0.2, 0.25) is 0 Å². The molecule has 0 bridgehead atoms. The fourth-order valence-corrected chi connectivity index (χ4v) is 4.24. The lowest BCUT2D eigenvalue weighted by atomic mass is 10.2. The molecule has 0 spiro atoms. The van der Waals surface area contributed by atoms with Gasteiger partial charge in [-0.05, 0) is 37.1 Å². The first-order valence-electron chi connectivity index (χ1n) is 7.53. The van der Waals surface area contributed by atoms with E-state index in [9.17, 15) is 13.2 Å². The van der Waals surface area contributed by atoms with Gasteiger partial charge in [0.05, 0.1) is 10.9 Å². The second-order valence-corrected chi connectivity index (χ2v) is 7.35. The molecule has 23 heavy (non-hydrogen) atoms. The van der Waals surface area contributed by atoms with E-state index in [4.69, 9.17) is 5.73 Å². The quantitative estimate of drug-likeness (QED) is 0.858. The molecule has 130 valence electrons. The fraction of sp³-hybridized carbons (Fsp3) is 0.533. The highest BCUT2D eigenvalue weighted by Crippen LogP contribution is 2.31. The van der Waals surface area contributed by atoms with Crippen molar-refractivity contribution in [1.82, 2.24) is 4.31 Å².